The SMILES string of the molecule is C[C@@H](C1CC1)N1Cc2cc(-c3ccn4nc(N)c(C(=O)NC5CC5)c4n3)cc(S(=O)(=O)C3CC3)c2C1=O. The molecule has 3 saturated carbocycles. The van der Waals surface area contributed by atoms with Gasteiger partial charge in [0.25, 0.3) is 11.8 Å². The molecule has 3 aliphatic carbocycles. The van der Waals surface area contributed by atoms with Gasteiger partial charge in [-0.2, -0.15) is 0 Å². The molecule has 1 aromatic carbocycles. The van der Waals surface area contributed by atoms with Crippen LogP contribution in [0.5, 0.6) is 0 Å². The molecule has 37 heavy (non-hydrogen) atoms. The molecule has 0 radical (unpaired) electrons. The molecule has 4 aliphatic rings. The van der Waals surface area contributed by atoms with Gasteiger partial charge in [-0.1, -0.05) is 0 Å². The molecule has 3 N–H and O–H groups in total. The van der Waals surface area contributed by atoms with Crippen LogP contribution >= 0.6 is 0 Å². The molecule has 0 saturated heterocycles. The van der Waals surface area contributed by atoms with E-state index in [1.807, 2.05) is 17.9 Å². The average Bonchev–Trinajstić information content (AvgIpc) is 3.72. The van der Waals surface area contributed by atoms with Crippen molar-refractivity contribution in [2.45, 2.75) is 74.2 Å². The van der Waals surface area contributed by atoms with E-state index in [-0.39, 0.29) is 40.2 Å². The molecule has 2 amide bonds. The van der Waals surface area contributed by atoms with E-state index in [0.717, 1.165) is 25.7 Å². The Morgan fingerprint density at radius 1 is 1.16 bits per heavy atom. The van der Waals surface area contributed by atoms with Crippen LogP contribution in [0.3, 0.4) is 0 Å². The average molecular weight is 521 g/mol. The fourth-order valence-corrected chi connectivity index (χ4v) is 7.25. The van der Waals surface area contributed by atoms with Gasteiger partial charge in [-0.15, -0.1) is 5.10 Å². The molecule has 0 unspecified atom stereocenters. The molecule has 1 atom stereocenters. The molecule has 7 rings (SSSR count). The summed E-state index contributed by atoms with van der Waals surface area (Å²) in [6, 6.07) is 5.38. The van der Waals surface area contributed by atoms with Crippen molar-refractivity contribution in [3.63, 3.8) is 0 Å². The summed E-state index contributed by atoms with van der Waals surface area (Å²) in [6.07, 6.45) is 6.94. The molecule has 2 aromatic heterocycles. The van der Waals surface area contributed by atoms with Crippen molar-refractivity contribution in [1.29, 1.82) is 0 Å². The van der Waals surface area contributed by atoms with Gasteiger partial charge in [0.2, 0.25) is 0 Å². The summed E-state index contributed by atoms with van der Waals surface area (Å²) < 4.78 is 28.5. The van der Waals surface area contributed by atoms with Gasteiger partial charge in [0.1, 0.15) is 5.56 Å². The van der Waals surface area contributed by atoms with Crippen LogP contribution < -0.4 is 11.1 Å². The van der Waals surface area contributed by atoms with Crippen LogP contribution in [0, 0.1) is 5.92 Å². The number of nitrogens with two attached hydrogens (primary N) is 1. The summed E-state index contributed by atoms with van der Waals surface area (Å²) in [5.41, 5.74) is 8.67. The van der Waals surface area contributed by atoms with Crippen molar-refractivity contribution < 1.29 is 18.0 Å². The predicted molar refractivity (Wildman–Crippen MR) is 136 cm³/mol. The molecular formula is C26H28N6O4S. The summed E-state index contributed by atoms with van der Waals surface area (Å²) in [5, 5.41) is 6.71. The summed E-state index contributed by atoms with van der Waals surface area (Å²) in [7, 11) is -3.65. The minimum Gasteiger partial charge on any atom is -0.381 e. The van der Waals surface area contributed by atoms with Gasteiger partial charge in [-0.3, -0.25) is 9.59 Å². The number of sulfone groups is 1. The van der Waals surface area contributed by atoms with Gasteiger partial charge in [0, 0.05) is 30.4 Å². The summed E-state index contributed by atoms with van der Waals surface area (Å²) in [6.45, 7) is 2.43. The highest BCUT2D eigenvalue weighted by atomic mass is 32.2. The molecule has 1 aliphatic heterocycles. The lowest BCUT2D eigenvalue weighted by molar-refractivity contribution is 0.0694. The Balaban J connectivity index is 1.35. The van der Waals surface area contributed by atoms with Crippen LogP contribution in [0.2, 0.25) is 0 Å². The minimum atomic E-state index is -3.65. The highest BCUT2D eigenvalue weighted by Crippen LogP contribution is 2.43. The third-order valence-electron chi connectivity index (χ3n) is 8.01. The van der Waals surface area contributed by atoms with Crippen LogP contribution in [0.4, 0.5) is 5.82 Å². The monoisotopic (exact) mass is 520 g/mol. The maximum absolute atomic E-state index is 13.5. The molecule has 0 bridgehead atoms. The Labute approximate surface area is 214 Å². The molecule has 3 fully saturated rings. The third-order valence-corrected chi connectivity index (χ3v) is 10.3. The van der Waals surface area contributed by atoms with Gasteiger partial charge >= 0.3 is 0 Å². The number of carbonyl (C=O) groups is 2. The second-order valence-corrected chi connectivity index (χ2v) is 13.0. The van der Waals surface area contributed by atoms with Crippen molar-refractivity contribution in [3.05, 3.63) is 41.1 Å². The molecule has 3 heterocycles. The molecule has 10 nitrogen and oxygen atoms in total. The first-order valence-corrected chi connectivity index (χ1v) is 14.4. The number of nitrogens with one attached hydrogen (secondary N) is 1. The van der Waals surface area contributed by atoms with Gasteiger partial charge in [-0.05, 0) is 75.1 Å². The molecule has 3 aromatic rings. The van der Waals surface area contributed by atoms with Crippen molar-refractivity contribution in [1.82, 2.24) is 24.8 Å². The topological polar surface area (TPSA) is 140 Å². The van der Waals surface area contributed by atoms with Crippen LogP contribution in [0.1, 0.15) is 71.7 Å². The summed E-state index contributed by atoms with van der Waals surface area (Å²) in [4.78, 5) is 33.0. The van der Waals surface area contributed by atoms with E-state index < -0.39 is 15.1 Å². The second-order valence-electron chi connectivity index (χ2n) is 10.9. The highest BCUT2D eigenvalue weighted by Gasteiger charge is 2.45. The number of nitrogens with zero attached hydrogens (tertiary/aromatic N) is 4. The van der Waals surface area contributed by atoms with Gasteiger partial charge in [0.05, 0.1) is 21.4 Å². The molecule has 0 spiro atoms. The first-order chi connectivity index (χ1) is 17.7. The Kier molecular flexibility index (Phi) is 4.77. The number of hydrogen-bond acceptors (Lipinski definition) is 7. The standard InChI is InChI=1S/C26H28N6O4S/c1-13(14-2-3-14)31-12-16-10-15(11-20(21(16)26(31)34)37(35,36)18-6-7-18)19-8-9-32-24(29-19)22(23(27)30-32)25(33)28-17-4-5-17/h8-11,13-14,17-18H,2-7,12H2,1H3,(H2,27,30)(H,28,33)/t13-/m0/s1. The van der Waals surface area contributed by atoms with Crippen molar-refractivity contribution in [2.75, 3.05) is 5.73 Å². The number of rotatable bonds is 7. The number of benzene rings is 1. The maximum Gasteiger partial charge on any atom is 0.259 e. The van der Waals surface area contributed by atoms with Crippen LogP contribution in [0.25, 0.3) is 16.9 Å². The van der Waals surface area contributed by atoms with Crippen LogP contribution in [0.15, 0.2) is 29.3 Å². The molecule has 11 heteroatoms. The first kappa shape index (κ1) is 22.7. The smallest absolute Gasteiger partial charge is 0.259 e. The quantitative estimate of drug-likeness (QED) is 0.488. The number of nitrogen functional groups attached to an aromatic ring is 1. The van der Waals surface area contributed by atoms with Crippen molar-refractivity contribution >= 4 is 33.1 Å². The van der Waals surface area contributed by atoms with E-state index >= 15 is 0 Å². The van der Waals surface area contributed by atoms with Gasteiger partial charge < -0.3 is 16.0 Å². The van der Waals surface area contributed by atoms with E-state index in [1.165, 1.54) is 4.52 Å². The van der Waals surface area contributed by atoms with E-state index in [1.54, 1.807) is 18.3 Å². The molecule has 192 valence electrons. The zero-order valence-corrected chi connectivity index (χ0v) is 21.3. The van der Waals surface area contributed by atoms with E-state index in [4.69, 9.17) is 10.7 Å². The number of fused-ring (bicyclic) bond motifs is 2. The normalized spacial score (nSPS) is 20.4. The lowest BCUT2D eigenvalue weighted by Gasteiger charge is -2.24. The number of hydrogen-bond donors (Lipinski definition) is 2. The summed E-state index contributed by atoms with van der Waals surface area (Å²) >= 11 is 0. The lowest BCUT2D eigenvalue weighted by Crippen LogP contribution is -2.35. The van der Waals surface area contributed by atoms with Crippen molar-refractivity contribution in [2.24, 2.45) is 5.92 Å². The predicted octanol–water partition coefficient (Wildman–Crippen LogP) is 2.56. The fraction of sp³-hybridized carbons (Fsp3) is 0.462. The Morgan fingerprint density at radius 2 is 1.92 bits per heavy atom. The number of amides is 2. The molecular weight excluding hydrogens is 492 g/mol. The van der Waals surface area contributed by atoms with E-state index in [2.05, 4.69) is 10.4 Å². The minimum absolute atomic E-state index is 0.0663. The fourth-order valence-electron chi connectivity index (χ4n) is 5.34. The number of carbonyl (C=O) groups excluding carboxylic acids is 2. The maximum atomic E-state index is 13.5. The summed E-state index contributed by atoms with van der Waals surface area (Å²) in [5.74, 6) is 0.0361. The largest absolute Gasteiger partial charge is 0.381 e. The van der Waals surface area contributed by atoms with Gasteiger partial charge in [-0.25, -0.2) is 17.9 Å². The van der Waals surface area contributed by atoms with Crippen LogP contribution in [-0.4, -0.2) is 57.1 Å². The van der Waals surface area contributed by atoms with Crippen molar-refractivity contribution in [3.8, 4) is 11.3 Å². The highest BCUT2D eigenvalue weighted by molar-refractivity contribution is 7.92. The lowest BCUT2D eigenvalue weighted by atomic mass is 10.0. The Bertz CT molecular complexity index is 1600. The Morgan fingerprint density at radius 3 is 2.59 bits per heavy atom. The number of aromatic nitrogens is 3. The second kappa shape index (κ2) is 7.77. The van der Waals surface area contributed by atoms with Gasteiger partial charge in [0.15, 0.2) is 21.3 Å². The van der Waals surface area contributed by atoms with Crippen LogP contribution in [-0.2, 0) is 16.4 Å². The zero-order chi connectivity index (χ0) is 25.6. The first-order valence-electron chi connectivity index (χ1n) is 12.9. The Hall–Kier alpha value is -3.47. The number of anilines is 1. The third kappa shape index (κ3) is 3.70. The van der Waals surface area contributed by atoms with E-state index in [0.29, 0.717) is 53.3 Å². The zero-order valence-electron chi connectivity index (χ0n) is 20.5. The van der Waals surface area contributed by atoms with E-state index in [9.17, 15) is 18.0 Å².